The van der Waals surface area contributed by atoms with Gasteiger partial charge in [-0.25, -0.2) is 0 Å². The maximum absolute atomic E-state index is 13.1. The standard InChI is InChI=1S/C24H16ClF3N2O5/c1-34-18-11-13(4-9-17(18)25)21(31)19-20(14-3-2-10-29-12-14)30(23(33)22(19)32)15-5-7-16(8-6-15)35-24(26,27)28/h2-12,20,31H,1H3/b21-19-. The number of amides is 1. The molecule has 1 saturated heterocycles. The highest BCUT2D eigenvalue weighted by molar-refractivity contribution is 6.51. The van der Waals surface area contributed by atoms with Gasteiger partial charge in [-0.15, -0.1) is 13.2 Å². The molecular formula is C24H16ClF3N2O5. The minimum absolute atomic E-state index is 0.114. The highest BCUT2D eigenvalue weighted by Crippen LogP contribution is 2.43. The van der Waals surface area contributed by atoms with Gasteiger partial charge in [-0.1, -0.05) is 17.7 Å². The Labute approximate surface area is 202 Å². The van der Waals surface area contributed by atoms with Crippen molar-refractivity contribution in [2.45, 2.75) is 12.4 Å². The summed E-state index contributed by atoms with van der Waals surface area (Å²) in [6.07, 6.45) is -1.98. The van der Waals surface area contributed by atoms with Crippen molar-refractivity contribution in [3.05, 3.63) is 88.7 Å². The van der Waals surface area contributed by atoms with Crippen molar-refractivity contribution in [2.24, 2.45) is 0 Å². The number of ketones is 1. The molecule has 1 N–H and O–H groups in total. The number of nitrogens with zero attached hydrogens (tertiary/aromatic N) is 2. The number of ether oxygens (including phenoxy) is 2. The van der Waals surface area contributed by atoms with E-state index in [9.17, 15) is 27.9 Å². The van der Waals surface area contributed by atoms with Gasteiger partial charge in [-0.05, 0) is 54.1 Å². The first kappa shape index (κ1) is 24.1. The van der Waals surface area contributed by atoms with E-state index >= 15 is 0 Å². The van der Waals surface area contributed by atoms with Crippen LogP contribution >= 0.6 is 11.6 Å². The number of aromatic nitrogens is 1. The molecule has 0 saturated carbocycles. The second-order valence-electron chi connectivity index (χ2n) is 7.35. The number of halogens is 4. The molecule has 0 spiro atoms. The van der Waals surface area contributed by atoms with Crippen LogP contribution < -0.4 is 14.4 Å². The van der Waals surface area contributed by atoms with Gasteiger partial charge in [0.25, 0.3) is 11.7 Å². The van der Waals surface area contributed by atoms with E-state index in [0.29, 0.717) is 5.56 Å². The van der Waals surface area contributed by atoms with Gasteiger partial charge in [0.2, 0.25) is 0 Å². The lowest BCUT2D eigenvalue weighted by atomic mass is 9.96. The number of hydrogen-bond donors (Lipinski definition) is 1. The van der Waals surface area contributed by atoms with Crippen molar-refractivity contribution in [1.29, 1.82) is 0 Å². The fourth-order valence-corrected chi connectivity index (χ4v) is 3.92. The molecule has 0 aliphatic carbocycles. The van der Waals surface area contributed by atoms with Crippen LogP contribution in [0.15, 0.2) is 72.6 Å². The minimum atomic E-state index is -4.89. The Morgan fingerprint density at radius 3 is 2.43 bits per heavy atom. The fourth-order valence-electron chi connectivity index (χ4n) is 3.72. The van der Waals surface area contributed by atoms with Gasteiger partial charge in [0.05, 0.1) is 23.7 Å². The lowest BCUT2D eigenvalue weighted by Crippen LogP contribution is -2.29. The molecule has 1 fully saturated rings. The van der Waals surface area contributed by atoms with Crippen LogP contribution in [0.4, 0.5) is 18.9 Å². The van der Waals surface area contributed by atoms with Crippen molar-refractivity contribution in [1.82, 2.24) is 4.98 Å². The largest absolute Gasteiger partial charge is 0.573 e. The number of aliphatic hydroxyl groups excluding tert-OH is 1. The molecule has 180 valence electrons. The maximum Gasteiger partial charge on any atom is 0.573 e. The van der Waals surface area contributed by atoms with Crippen molar-refractivity contribution < 1.29 is 37.3 Å². The predicted octanol–water partition coefficient (Wildman–Crippen LogP) is 5.27. The van der Waals surface area contributed by atoms with Gasteiger partial charge in [-0.2, -0.15) is 0 Å². The minimum Gasteiger partial charge on any atom is -0.507 e. The van der Waals surface area contributed by atoms with Crippen LogP contribution in [-0.4, -0.2) is 35.3 Å². The van der Waals surface area contributed by atoms with Crippen molar-refractivity contribution in [3.8, 4) is 11.5 Å². The first-order valence-corrected chi connectivity index (χ1v) is 10.4. The summed E-state index contributed by atoms with van der Waals surface area (Å²) in [5.74, 6) is -2.70. The molecule has 1 atom stereocenters. The first-order chi connectivity index (χ1) is 16.6. The second kappa shape index (κ2) is 9.30. The molecule has 1 unspecified atom stereocenters. The molecule has 1 aliphatic rings. The summed E-state index contributed by atoms with van der Waals surface area (Å²) in [6, 6.07) is 10.9. The third-order valence-corrected chi connectivity index (χ3v) is 5.53. The number of aliphatic hydroxyl groups is 1. The number of carbonyl (C=O) groups excluding carboxylic acids is 2. The number of alkyl halides is 3. The molecule has 0 bridgehead atoms. The molecule has 11 heteroatoms. The fraction of sp³-hybridized carbons (Fsp3) is 0.125. The molecule has 1 amide bonds. The summed E-state index contributed by atoms with van der Waals surface area (Å²) >= 11 is 6.05. The van der Waals surface area contributed by atoms with Crippen LogP contribution in [0.2, 0.25) is 5.02 Å². The van der Waals surface area contributed by atoms with Gasteiger partial charge in [0.15, 0.2) is 0 Å². The number of methoxy groups -OCH3 is 1. The zero-order valence-electron chi connectivity index (χ0n) is 17.9. The Morgan fingerprint density at radius 1 is 1.11 bits per heavy atom. The number of hydrogen-bond acceptors (Lipinski definition) is 6. The molecule has 2 heterocycles. The Kier molecular flexibility index (Phi) is 6.40. The van der Waals surface area contributed by atoms with E-state index in [1.54, 1.807) is 12.1 Å². The van der Waals surface area contributed by atoms with E-state index in [0.717, 1.165) is 17.0 Å². The number of benzene rings is 2. The number of anilines is 1. The zero-order chi connectivity index (χ0) is 25.3. The molecular weight excluding hydrogens is 489 g/mol. The van der Waals surface area contributed by atoms with Gasteiger partial charge in [-0.3, -0.25) is 19.5 Å². The van der Waals surface area contributed by atoms with Crippen molar-refractivity contribution >= 4 is 34.7 Å². The molecule has 4 rings (SSSR count). The zero-order valence-corrected chi connectivity index (χ0v) is 18.7. The van der Waals surface area contributed by atoms with E-state index in [2.05, 4.69) is 9.72 Å². The van der Waals surface area contributed by atoms with Crippen LogP contribution in [0.3, 0.4) is 0 Å². The molecule has 1 aliphatic heterocycles. The molecule has 35 heavy (non-hydrogen) atoms. The van der Waals surface area contributed by atoms with E-state index in [1.807, 2.05) is 0 Å². The van der Waals surface area contributed by atoms with Gasteiger partial charge >= 0.3 is 6.36 Å². The maximum atomic E-state index is 13.1. The highest BCUT2D eigenvalue weighted by Gasteiger charge is 2.47. The summed E-state index contributed by atoms with van der Waals surface area (Å²) in [6.45, 7) is 0. The Bertz CT molecular complexity index is 1310. The third-order valence-electron chi connectivity index (χ3n) is 5.22. The summed E-state index contributed by atoms with van der Waals surface area (Å²) in [7, 11) is 1.38. The van der Waals surface area contributed by atoms with Gasteiger partial charge in [0.1, 0.15) is 17.3 Å². The highest BCUT2D eigenvalue weighted by atomic mass is 35.5. The van der Waals surface area contributed by atoms with E-state index in [4.69, 9.17) is 16.3 Å². The Balaban J connectivity index is 1.85. The van der Waals surface area contributed by atoms with Crippen LogP contribution in [0.1, 0.15) is 17.2 Å². The number of pyridine rings is 1. The molecule has 3 aromatic rings. The lowest BCUT2D eigenvalue weighted by Gasteiger charge is -2.25. The van der Waals surface area contributed by atoms with Crippen LogP contribution in [0, 0.1) is 0 Å². The first-order valence-electron chi connectivity index (χ1n) is 10.0. The third kappa shape index (κ3) is 4.78. The lowest BCUT2D eigenvalue weighted by molar-refractivity contribution is -0.274. The normalized spacial score (nSPS) is 17.5. The number of Topliss-reactive ketones (excluding diaryl/α,β-unsaturated/α-hetero) is 1. The van der Waals surface area contributed by atoms with E-state index < -0.39 is 35.6 Å². The van der Waals surface area contributed by atoms with Gasteiger partial charge in [0, 0.05) is 23.6 Å². The average molecular weight is 505 g/mol. The van der Waals surface area contributed by atoms with Crippen LogP contribution in [-0.2, 0) is 9.59 Å². The van der Waals surface area contributed by atoms with Crippen LogP contribution in [0.25, 0.3) is 5.76 Å². The summed E-state index contributed by atoms with van der Waals surface area (Å²) < 4.78 is 46.6. The smallest absolute Gasteiger partial charge is 0.507 e. The predicted molar refractivity (Wildman–Crippen MR) is 120 cm³/mol. The van der Waals surface area contributed by atoms with E-state index in [-0.39, 0.29) is 27.6 Å². The van der Waals surface area contributed by atoms with E-state index in [1.165, 1.54) is 49.8 Å². The molecule has 2 aromatic carbocycles. The monoisotopic (exact) mass is 504 g/mol. The summed E-state index contributed by atoms with van der Waals surface area (Å²) in [5.41, 5.74) is 0.447. The van der Waals surface area contributed by atoms with Crippen LogP contribution in [0.5, 0.6) is 11.5 Å². The Hall–Kier alpha value is -4.05. The van der Waals surface area contributed by atoms with Crippen molar-refractivity contribution in [3.63, 3.8) is 0 Å². The quantitative estimate of drug-likeness (QED) is 0.289. The second-order valence-corrected chi connectivity index (χ2v) is 7.75. The van der Waals surface area contributed by atoms with Gasteiger partial charge < -0.3 is 14.6 Å². The van der Waals surface area contributed by atoms with Crippen molar-refractivity contribution in [2.75, 3.05) is 12.0 Å². The number of carbonyl (C=O) groups is 2. The summed E-state index contributed by atoms with van der Waals surface area (Å²) in [4.78, 5) is 31.3. The molecule has 0 radical (unpaired) electrons. The topological polar surface area (TPSA) is 89.0 Å². The number of rotatable bonds is 5. The molecule has 7 nitrogen and oxygen atoms in total. The SMILES string of the molecule is COc1cc(/C(O)=C2/C(=O)C(=O)N(c3ccc(OC(F)(F)F)cc3)C2c2cccnc2)ccc1Cl. The summed E-state index contributed by atoms with van der Waals surface area (Å²) in [5, 5.41) is 11.4. The molecule has 1 aromatic heterocycles. The Morgan fingerprint density at radius 2 is 1.83 bits per heavy atom. The average Bonchev–Trinajstić information content (AvgIpc) is 3.09.